The third kappa shape index (κ3) is 2.86. The van der Waals surface area contributed by atoms with Crippen molar-refractivity contribution >= 4 is 28.9 Å². The van der Waals surface area contributed by atoms with Crippen molar-refractivity contribution in [2.24, 2.45) is 11.1 Å². The Kier molecular flexibility index (Phi) is 4.45. The molecule has 1 aliphatic carbocycles. The van der Waals surface area contributed by atoms with E-state index >= 15 is 0 Å². The van der Waals surface area contributed by atoms with Gasteiger partial charge in [0.25, 0.3) is 0 Å². The van der Waals surface area contributed by atoms with Gasteiger partial charge in [0.05, 0.1) is 12.8 Å². The Morgan fingerprint density at radius 1 is 1.50 bits per heavy atom. The standard InChI is InChI=1S/C14H20N2O3S/c1-9-7-20-12(13(18)19-2)11(9)16-10(17)6-14(8-15)4-3-5-14/h7H,3-6,8,15H2,1-2H3,(H,16,17). The first-order chi connectivity index (χ1) is 9.51. The minimum Gasteiger partial charge on any atom is -0.465 e. The maximum absolute atomic E-state index is 12.2. The third-order valence-electron chi connectivity index (χ3n) is 3.99. The lowest BCUT2D eigenvalue weighted by Gasteiger charge is -2.40. The Hall–Kier alpha value is -1.40. The van der Waals surface area contributed by atoms with E-state index in [2.05, 4.69) is 5.32 Å². The Bertz CT molecular complexity index is 515. The van der Waals surface area contributed by atoms with Gasteiger partial charge in [-0.2, -0.15) is 0 Å². The van der Waals surface area contributed by atoms with E-state index in [9.17, 15) is 9.59 Å². The Morgan fingerprint density at radius 3 is 2.70 bits per heavy atom. The van der Waals surface area contributed by atoms with Crippen LogP contribution in [0.2, 0.25) is 0 Å². The predicted octanol–water partition coefficient (Wildman–Crippen LogP) is 2.30. The fraction of sp³-hybridized carbons (Fsp3) is 0.571. The summed E-state index contributed by atoms with van der Waals surface area (Å²) in [6.07, 6.45) is 3.56. The van der Waals surface area contributed by atoms with E-state index in [1.807, 2.05) is 12.3 Å². The number of methoxy groups -OCH3 is 1. The van der Waals surface area contributed by atoms with Crippen molar-refractivity contribution < 1.29 is 14.3 Å². The summed E-state index contributed by atoms with van der Waals surface area (Å²) in [6.45, 7) is 2.40. The highest BCUT2D eigenvalue weighted by Gasteiger charge is 2.37. The van der Waals surface area contributed by atoms with Gasteiger partial charge >= 0.3 is 5.97 Å². The van der Waals surface area contributed by atoms with Crippen LogP contribution in [0.3, 0.4) is 0 Å². The maximum Gasteiger partial charge on any atom is 0.350 e. The molecule has 0 unspecified atom stereocenters. The average molecular weight is 296 g/mol. The molecule has 2 rings (SSSR count). The Labute approximate surface area is 122 Å². The van der Waals surface area contributed by atoms with Gasteiger partial charge < -0.3 is 15.8 Å². The zero-order valence-electron chi connectivity index (χ0n) is 11.8. The zero-order chi connectivity index (χ0) is 14.8. The van der Waals surface area contributed by atoms with Crippen LogP contribution in [0.15, 0.2) is 5.38 Å². The third-order valence-corrected chi connectivity index (χ3v) is 5.07. The second kappa shape index (κ2) is 5.93. The molecule has 0 atom stereocenters. The van der Waals surface area contributed by atoms with E-state index in [-0.39, 0.29) is 11.3 Å². The fourth-order valence-electron chi connectivity index (χ4n) is 2.50. The number of ether oxygens (including phenoxy) is 1. The van der Waals surface area contributed by atoms with Gasteiger partial charge in [-0.1, -0.05) is 6.42 Å². The summed E-state index contributed by atoms with van der Waals surface area (Å²) >= 11 is 1.28. The molecule has 1 aliphatic rings. The molecule has 0 spiro atoms. The van der Waals surface area contributed by atoms with Gasteiger partial charge in [0.2, 0.25) is 5.91 Å². The molecule has 1 aromatic rings. The molecule has 110 valence electrons. The molecule has 0 bridgehead atoms. The van der Waals surface area contributed by atoms with Crippen LogP contribution in [0.25, 0.3) is 0 Å². The van der Waals surface area contributed by atoms with Gasteiger partial charge in [0.1, 0.15) is 4.88 Å². The molecule has 0 aromatic carbocycles. The van der Waals surface area contributed by atoms with Crippen molar-refractivity contribution in [2.75, 3.05) is 19.0 Å². The molecular weight excluding hydrogens is 276 g/mol. The average Bonchev–Trinajstić information content (AvgIpc) is 2.75. The molecule has 1 aromatic heterocycles. The van der Waals surface area contributed by atoms with Gasteiger partial charge in [-0.15, -0.1) is 11.3 Å². The first-order valence-corrected chi connectivity index (χ1v) is 7.55. The van der Waals surface area contributed by atoms with Gasteiger partial charge in [0.15, 0.2) is 0 Å². The number of hydrogen-bond acceptors (Lipinski definition) is 5. The Balaban J connectivity index is 2.08. The van der Waals surface area contributed by atoms with Crippen molar-refractivity contribution in [3.8, 4) is 0 Å². The van der Waals surface area contributed by atoms with E-state index in [1.54, 1.807) is 0 Å². The number of esters is 1. The van der Waals surface area contributed by atoms with Gasteiger partial charge in [-0.3, -0.25) is 4.79 Å². The molecule has 1 amide bonds. The molecule has 0 saturated heterocycles. The smallest absolute Gasteiger partial charge is 0.350 e. The molecule has 1 saturated carbocycles. The van der Waals surface area contributed by atoms with Crippen molar-refractivity contribution in [3.63, 3.8) is 0 Å². The second-order valence-corrected chi connectivity index (χ2v) is 6.28. The van der Waals surface area contributed by atoms with Crippen LogP contribution in [0, 0.1) is 12.3 Å². The molecular formula is C14H20N2O3S. The number of amides is 1. The number of carbonyl (C=O) groups is 2. The van der Waals surface area contributed by atoms with Gasteiger partial charge in [-0.25, -0.2) is 4.79 Å². The second-order valence-electron chi connectivity index (χ2n) is 5.40. The quantitative estimate of drug-likeness (QED) is 0.817. The summed E-state index contributed by atoms with van der Waals surface area (Å²) in [4.78, 5) is 24.3. The van der Waals surface area contributed by atoms with Crippen molar-refractivity contribution in [3.05, 3.63) is 15.8 Å². The zero-order valence-corrected chi connectivity index (χ0v) is 12.6. The first-order valence-electron chi connectivity index (χ1n) is 6.68. The topological polar surface area (TPSA) is 81.4 Å². The highest BCUT2D eigenvalue weighted by molar-refractivity contribution is 7.12. The van der Waals surface area contributed by atoms with Crippen molar-refractivity contribution in [1.82, 2.24) is 0 Å². The molecule has 3 N–H and O–H groups in total. The summed E-state index contributed by atoms with van der Waals surface area (Å²) in [6, 6.07) is 0. The van der Waals surface area contributed by atoms with Crippen LogP contribution in [0.5, 0.6) is 0 Å². The van der Waals surface area contributed by atoms with E-state index < -0.39 is 5.97 Å². The molecule has 1 fully saturated rings. The Morgan fingerprint density at radius 2 is 2.20 bits per heavy atom. The van der Waals surface area contributed by atoms with Crippen LogP contribution in [-0.2, 0) is 9.53 Å². The number of anilines is 1. The van der Waals surface area contributed by atoms with Crippen molar-refractivity contribution in [1.29, 1.82) is 0 Å². The lowest BCUT2D eigenvalue weighted by atomic mass is 9.66. The monoisotopic (exact) mass is 296 g/mol. The molecule has 5 nitrogen and oxygen atoms in total. The molecule has 1 heterocycles. The number of nitrogens with one attached hydrogen (secondary N) is 1. The van der Waals surface area contributed by atoms with Gasteiger partial charge in [0, 0.05) is 6.42 Å². The van der Waals surface area contributed by atoms with Crippen LogP contribution < -0.4 is 11.1 Å². The van der Waals surface area contributed by atoms with E-state index in [0.29, 0.717) is 23.5 Å². The van der Waals surface area contributed by atoms with E-state index in [0.717, 1.165) is 24.8 Å². The number of rotatable bonds is 5. The fourth-order valence-corrected chi connectivity index (χ4v) is 3.42. The van der Waals surface area contributed by atoms with Crippen LogP contribution in [0.4, 0.5) is 5.69 Å². The van der Waals surface area contributed by atoms with Gasteiger partial charge in [-0.05, 0) is 42.7 Å². The highest BCUT2D eigenvalue weighted by atomic mass is 32.1. The van der Waals surface area contributed by atoms with Crippen LogP contribution >= 0.6 is 11.3 Å². The summed E-state index contributed by atoms with van der Waals surface area (Å²) < 4.78 is 4.73. The lowest BCUT2D eigenvalue weighted by Crippen LogP contribution is -2.40. The minimum atomic E-state index is -0.421. The van der Waals surface area contributed by atoms with Crippen LogP contribution in [0.1, 0.15) is 40.9 Å². The summed E-state index contributed by atoms with van der Waals surface area (Å²) in [5.74, 6) is -0.502. The number of aryl methyl sites for hydroxylation is 1. The van der Waals surface area contributed by atoms with Crippen molar-refractivity contribution in [2.45, 2.75) is 32.6 Å². The molecule has 20 heavy (non-hydrogen) atoms. The maximum atomic E-state index is 12.2. The summed E-state index contributed by atoms with van der Waals surface area (Å²) in [5.41, 5.74) is 7.17. The molecule has 6 heteroatoms. The summed E-state index contributed by atoms with van der Waals surface area (Å²) in [5, 5.41) is 4.68. The molecule has 0 radical (unpaired) electrons. The first kappa shape index (κ1) is 15.0. The number of carbonyl (C=O) groups excluding carboxylic acids is 2. The lowest BCUT2D eigenvalue weighted by molar-refractivity contribution is -0.119. The van der Waals surface area contributed by atoms with E-state index in [1.165, 1.54) is 18.4 Å². The minimum absolute atomic E-state index is 0.0422. The number of hydrogen-bond donors (Lipinski definition) is 2. The summed E-state index contributed by atoms with van der Waals surface area (Å²) in [7, 11) is 1.33. The highest BCUT2D eigenvalue weighted by Crippen LogP contribution is 2.43. The molecule has 0 aliphatic heterocycles. The number of thiophene rings is 1. The predicted molar refractivity (Wildman–Crippen MR) is 79.0 cm³/mol. The largest absolute Gasteiger partial charge is 0.465 e. The van der Waals surface area contributed by atoms with Crippen LogP contribution in [-0.4, -0.2) is 25.5 Å². The normalized spacial score (nSPS) is 16.4. The SMILES string of the molecule is COC(=O)c1scc(C)c1NC(=O)CC1(CN)CCC1. The van der Waals surface area contributed by atoms with E-state index in [4.69, 9.17) is 10.5 Å². The number of nitrogens with two attached hydrogens (primary N) is 1.